The minimum absolute atomic E-state index is 0.195. The van der Waals surface area contributed by atoms with Crippen molar-refractivity contribution in [2.24, 2.45) is 0 Å². The van der Waals surface area contributed by atoms with Gasteiger partial charge in [0.1, 0.15) is 23.1 Å². The van der Waals surface area contributed by atoms with E-state index in [0.29, 0.717) is 25.3 Å². The van der Waals surface area contributed by atoms with E-state index in [0.717, 1.165) is 11.5 Å². The summed E-state index contributed by atoms with van der Waals surface area (Å²) in [7, 11) is 0. The molecule has 2 aromatic rings. The number of amides is 2. The van der Waals surface area contributed by atoms with Gasteiger partial charge in [-0.3, -0.25) is 0 Å². The van der Waals surface area contributed by atoms with E-state index in [-0.39, 0.29) is 17.9 Å². The molecule has 6 heteroatoms. The lowest BCUT2D eigenvalue weighted by Crippen LogP contribution is -2.37. The number of ether oxygens (including phenoxy) is 1. The first kappa shape index (κ1) is 16.9. The fraction of sp³-hybridized carbons (Fsp3) is 0.353. The van der Waals surface area contributed by atoms with Gasteiger partial charge in [-0.2, -0.15) is 0 Å². The maximum atomic E-state index is 12.7. The fourth-order valence-electron chi connectivity index (χ4n) is 2.00. The molecule has 0 aliphatic rings. The van der Waals surface area contributed by atoms with Gasteiger partial charge in [0, 0.05) is 6.54 Å². The Balaban J connectivity index is 1.60. The molecule has 0 fully saturated rings. The summed E-state index contributed by atoms with van der Waals surface area (Å²) in [6.45, 7) is 4.64. The summed E-state index contributed by atoms with van der Waals surface area (Å²) in [6, 6.07) is 9.09. The standard InChI is InChI=1S/C17H21FN2O3/c1-12-4-9-16(23-12)13(2)20-17(21)19-10-3-11-22-15-7-5-14(18)6-8-15/h4-9,13H,3,10-11H2,1-2H3,(H2,19,20,21). The number of urea groups is 1. The summed E-state index contributed by atoms with van der Waals surface area (Å²) in [5.41, 5.74) is 0. The van der Waals surface area contributed by atoms with Crippen LogP contribution < -0.4 is 15.4 Å². The van der Waals surface area contributed by atoms with Gasteiger partial charge < -0.3 is 19.8 Å². The van der Waals surface area contributed by atoms with Crippen molar-refractivity contribution in [3.8, 4) is 5.75 Å². The minimum atomic E-state index is -0.295. The number of furan rings is 1. The van der Waals surface area contributed by atoms with E-state index in [1.54, 1.807) is 12.1 Å². The second-order valence-electron chi connectivity index (χ2n) is 5.23. The predicted octanol–water partition coefficient (Wildman–Crippen LogP) is 3.56. The molecule has 0 aliphatic carbocycles. The zero-order valence-electron chi connectivity index (χ0n) is 13.3. The van der Waals surface area contributed by atoms with E-state index in [2.05, 4.69) is 10.6 Å². The number of hydrogen-bond donors (Lipinski definition) is 2. The number of carbonyl (C=O) groups is 1. The van der Waals surface area contributed by atoms with Crippen LogP contribution in [0.15, 0.2) is 40.8 Å². The Bertz CT molecular complexity index is 625. The molecule has 2 amide bonds. The Morgan fingerprint density at radius 2 is 2.00 bits per heavy atom. The first-order chi connectivity index (χ1) is 11.0. The highest BCUT2D eigenvalue weighted by Gasteiger charge is 2.11. The highest BCUT2D eigenvalue weighted by atomic mass is 19.1. The van der Waals surface area contributed by atoms with Crippen molar-refractivity contribution in [2.45, 2.75) is 26.3 Å². The highest BCUT2D eigenvalue weighted by molar-refractivity contribution is 5.74. The largest absolute Gasteiger partial charge is 0.494 e. The molecule has 1 unspecified atom stereocenters. The van der Waals surface area contributed by atoms with Crippen LogP contribution in [0.4, 0.5) is 9.18 Å². The average molecular weight is 320 g/mol. The Kier molecular flexibility index (Phi) is 6.02. The van der Waals surface area contributed by atoms with Gasteiger partial charge in [0.15, 0.2) is 0 Å². The average Bonchev–Trinajstić information content (AvgIpc) is 2.95. The monoisotopic (exact) mass is 320 g/mol. The van der Waals surface area contributed by atoms with Crippen LogP contribution in [0.25, 0.3) is 0 Å². The van der Waals surface area contributed by atoms with Crippen molar-refractivity contribution in [3.05, 3.63) is 53.7 Å². The molecule has 0 saturated carbocycles. The Hall–Kier alpha value is -2.50. The summed E-state index contributed by atoms with van der Waals surface area (Å²) in [4.78, 5) is 11.8. The molecule has 124 valence electrons. The quantitative estimate of drug-likeness (QED) is 0.767. The van der Waals surface area contributed by atoms with Crippen molar-refractivity contribution in [3.63, 3.8) is 0 Å². The molecular weight excluding hydrogens is 299 g/mol. The molecule has 2 rings (SSSR count). The molecule has 1 aromatic heterocycles. The normalized spacial score (nSPS) is 11.8. The number of hydrogen-bond acceptors (Lipinski definition) is 3. The van der Waals surface area contributed by atoms with Gasteiger partial charge in [-0.1, -0.05) is 0 Å². The molecule has 1 heterocycles. The third-order valence-electron chi connectivity index (χ3n) is 3.22. The molecule has 0 aliphatic heterocycles. The van der Waals surface area contributed by atoms with Crippen LogP contribution in [0.2, 0.25) is 0 Å². The third kappa shape index (κ3) is 5.65. The van der Waals surface area contributed by atoms with Crippen molar-refractivity contribution >= 4 is 6.03 Å². The molecule has 2 N–H and O–H groups in total. The zero-order valence-corrected chi connectivity index (χ0v) is 13.3. The maximum Gasteiger partial charge on any atom is 0.315 e. The smallest absolute Gasteiger partial charge is 0.315 e. The van der Waals surface area contributed by atoms with Crippen LogP contribution in [-0.4, -0.2) is 19.2 Å². The lowest BCUT2D eigenvalue weighted by Gasteiger charge is -2.12. The topological polar surface area (TPSA) is 63.5 Å². The molecular formula is C17H21FN2O3. The van der Waals surface area contributed by atoms with E-state index < -0.39 is 0 Å². The lowest BCUT2D eigenvalue weighted by atomic mass is 10.2. The molecule has 1 atom stereocenters. The van der Waals surface area contributed by atoms with Crippen LogP contribution in [0, 0.1) is 12.7 Å². The van der Waals surface area contributed by atoms with Gasteiger partial charge in [-0.15, -0.1) is 0 Å². The van der Waals surface area contributed by atoms with Crippen molar-refractivity contribution < 1.29 is 18.3 Å². The predicted molar refractivity (Wildman–Crippen MR) is 84.9 cm³/mol. The highest BCUT2D eigenvalue weighted by Crippen LogP contribution is 2.15. The van der Waals surface area contributed by atoms with E-state index in [1.165, 1.54) is 12.1 Å². The summed E-state index contributed by atoms with van der Waals surface area (Å²) in [6.07, 6.45) is 0.652. The summed E-state index contributed by atoms with van der Waals surface area (Å²) in [5.74, 6) is 1.85. The Labute approximate surface area is 134 Å². The number of aryl methyl sites for hydroxylation is 1. The van der Waals surface area contributed by atoms with Crippen LogP contribution in [0.5, 0.6) is 5.75 Å². The van der Waals surface area contributed by atoms with Gasteiger partial charge in [0.25, 0.3) is 0 Å². The van der Waals surface area contributed by atoms with Crippen molar-refractivity contribution in [1.82, 2.24) is 10.6 Å². The van der Waals surface area contributed by atoms with E-state index in [9.17, 15) is 9.18 Å². The van der Waals surface area contributed by atoms with E-state index in [4.69, 9.17) is 9.15 Å². The maximum absolute atomic E-state index is 12.7. The molecule has 0 bridgehead atoms. The Morgan fingerprint density at radius 1 is 1.26 bits per heavy atom. The van der Waals surface area contributed by atoms with Gasteiger partial charge in [-0.25, -0.2) is 9.18 Å². The van der Waals surface area contributed by atoms with Crippen LogP contribution in [0.3, 0.4) is 0 Å². The lowest BCUT2D eigenvalue weighted by molar-refractivity contribution is 0.234. The zero-order chi connectivity index (χ0) is 16.7. The van der Waals surface area contributed by atoms with Gasteiger partial charge >= 0.3 is 6.03 Å². The van der Waals surface area contributed by atoms with Crippen molar-refractivity contribution in [2.75, 3.05) is 13.2 Å². The molecule has 0 radical (unpaired) electrons. The molecule has 1 aromatic carbocycles. The number of halogens is 1. The van der Waals surface area contributed by atoms with Crippen LogP contribution in [0.1, 0.15) is 30.9 Å². The first-order valence-corrected chi connectivity index (χ1v) is 7.53. The third-order valence-corrected chi connectivity index (χ3v) is 3.22. The number of nitrogens with one attached hydrogen (secondary N) is 2. The minimum Gasteiger partial charge on any atom is -0.494 e. The van der Waals surface area contributed by atoms with Crippen LogP contribution >= 0.6 is 0 Å². The summed E-state index contributed by atoms with van der Waals surface area (Å²) in [5, 5.41) is 5.55. The van der Waals surface area contributed by atoms with Gasteiger partial charge in [-0.05, 0) is 56.7 Å². The molecule has 5 nitrogen and oxygen atoms in total. The molecule has 23 heavy (non-hydrogen) atoms. The Morgan fingerprint density at radius 3 is 2.65 bits per heavy atom. The van der Waals surface area contributed by atoms with E-state index >= 15 is 0 Å². The summed E-state index contributed by atoms with van der Waals surface area (Å²) >= 11 is 0. The molecule has 0 saturated heterocycles. The summed E-state index contributed by atoms with van der Waals surface area (Å²) < 4.78 is 23.6. The first-order valence-electron chi connectivity index (χ1n) is 7.53. The second kappa shape index (κ2) is 8.22. The van der Waals surface area contributed by atoms with Crippen molar-refractivity contribution in [1.29, 1.82) is 0 Å². The number of benzene rings is 1. The second-order valence-corrected chi connectivity index (χ2v) is 5.23. The van der Waals surface area contributed by atoms with Gasteiger partial charge in [0.05, 0.1) is 12.6 Å². The molecule has 0 spiro atoms. The number of rotatable bonds is 7. The SMILES string of the molecule is Cc1ccc(C(C)NC(=O)NCCCOc2ccc(F)cc2)o1. The number of carbonyl (C=O) groups excluding carboxylic acids is 1. The fourth-order valence-corrected chi connectivity index (χ4v) is 2.00. The van der Waals surface area contributed by atoms with Crippen LogP contribution in [-0.2, 0) is 0 Å². The van der Waals surface area contributed by atoms with E-state index in [1.807, 2.05) is 26.0 Å². The van der Waals surface area contributed by atoms with Gasteiger partial charge in [0.2, 0.25) is 0 Å².